The molecule has 0 aromatic carbocycles. The lowest BCUT2D eigenvalue weighted by molar-refractivity contribution is -0.142. The highest BCUT2D eigenvalue weighted by Gasteiger charge is 2.33. The van der Waals surface area contributed by atoms with Crippen molar-refractivity contribution in [2.24, 2.45) is 11.8 Å². The number of amides is 2. The van der Waals surface area contributed by atoms with E-state index in [-0.39, 0.29) is 12.1 Å². The van der Waals surface area contributed by atoms with Crippen molar-refractivity contribution in [1.29, 1.82) is 0 Å². The van der Waals surface area contributed by atoms with Crippen LogP contribution in [0.5, 0.6) is 0 Å². The number of carbonyl (C=O) groups excluding carboxylic acids is 1. The summed E-state index contributed by atoms with van der Waals surface area (Å²) in [7, 11) is 0. The zero-order valence-corrected chi connectivity index (χ0v) is 12.1. The van der Waals surface area contributed by atoms with Gasteiger partial charge in [0.1, 0.15) is 0 Å². The van der Waals surface area contributed by atoms with Crippen LogP contribution >= 0.6 is 0 Å². The Morgan fingerprint density at radius 3 is 2.50 bits per heavy atom. The van der Waals surface area contributed by atoms with Crippen molar-refractivity contribution < 1.29 is 14.7 Å². The van der Waals surface area contributed by atoms with E-state index in [2.05, 4.69) is 10.6 Å². The second-order valence-corrected chi connectivity index (χ2v) is 6.18. The number of carboxylic acid groups (broad SMARTS) is 1. The van der Waals surface area contributed by atoms with Crippen molar-refractivity contribution in [2.75, 3.05) is 6.54 Å². The fourth-order valence-corrected chi connectivity index (χ4v) is 3.54. The van der Waals surface area contributed by atoms with E-state index in [1.807, 2.05) is 0 Å². The molecule has 2 amide bonds. The Kier molecular flexibility index (Phi) is 5.68. The number of nitrogens with one attached hydrogen (secondary N) is 2. The number of hydrogen-bond acceptors (Lipinski definition) is 2. The van der Waals surface area contributed by atoms with Gasteiger partial charge < -0.3 is 15.7 Å². The van der Waals surface area contributed by atoms with Crippen LogP contribution in [-0.2, 0) is 4.79 Å². The summed E-state index contributed by atoms with van der Waals surface area (Å²) in [4.78, 5) is 22.8. The molecular weight excluding hydrogens is 256 g/mol. The van der Waals surface area contributed by atoms with Crippen molar-refractivity contribution in [2.45, 2.75) is 63.8 Å². The summed E-state index contributed by atoms with van der Waals surface area (Å²) in [6.45, 7) is 0.687. The highest BCUT2D eigenvalue weighted by Crippen LogP contribution is 2.28. The van der Waals surface area contributed by atoms with Gasteiger partial charge in [-0.1, -0.05) is 32.1 Å². The standard InChI is InChI=1S/C15H26N2O3/c18-14(19)12-8-3-9-13(12)17-15(20)16-10-4-7-11-5-1-2-6-11/h11-13H,1-10H2,(H,18,19)(H2,16,17,20). The van der Waals surface area contributed by atoms with Crippen LogP contribution in [0.15, 0.2) is 0 Å². The normalized spacial score (nSPS) is 26.6. The van der Waals surface area contributed by atoms with Crippen LogP contribution in [0.4, 0.5) is 4.79 Å². The first-order valence-corrected chi connectivity index (χ1v) is 7.94. The summed E-state index contributed by atoms with van der Waals surface area (Å²) < 4.78 is 0. The van der Waals surface area contributed by atoms with Gasteiger partial charge in [0.25, 0.3) is 0 Å². The first-order valence-electron chi connectivity index (χ1n) is 7.94. The average Bonchev–Trinajstić information content (AvgIpc) is 3.05. The molecule has 3 N–H and O–H groups in total. The summed E-state index contributed by atoms with van der Waals surface area (Å²) >= 11 is 0. The Hall–Kier alpha value is -1.26. The number of aliphatic carboxylic acids is 1. The minimum Gasteiger partial charge on any atom is -0.481 e. The van der Waals surface area contributed by atoms with Gasteiger partial charge in [-0.2, -0.15) is 0 Å². The first-order chi connectivity index (χ1) is 9.66. The fourth-order valence-electron chi connectivity index (χ4n) is 3.54. The van der Waals surface area contributed by atoms with E-state index in [1.54, 1.807) is 0 Å². The third-order valence-corrected chi connectivity index (χ3v) is 4.70. The predicted octanol–water partition coefficient (Wildman–Crippen LogP) is 2.51. The first kappa shape index (κ1) is 15.1. The molecule has 114 valence electrons. The van der Waals surface area contributed by atoms with Crippen LogP contribution in [0.2, 0.25) is 0 Å². The molecule has 2 aliphatic carbocycles. The van der Waals surface area contributed by atoms with Crippen molar-refractivity contribution in [3.05, 3.63) is 0 Å². The monoisotopic (exact) mass is 282 g/mol. The third-order valence-electron chi connectivity index (χ3n) is 4.70. The van der Waals surface area contributed by atoms with E-state index in [4.69, 9.17) is 5.11 Å². The van der Waals surface area contributed by atoms with E-state index < -0.39 is 11.9 Å². The summed E-state index contributed by atoms with van der Waals surface area (Å²) in [5.74, 6) is -0.362. The molecule has 0 spiro atoms. The summed E-state index contributed by atoms with van der Waals surface area (Å²) in [5.41, 5.74) is 0. The minimum atomic E-state index is -0.797. The van der Waals surface area contributed by atoms with Crippen LogP contribution in [0.1, 0.15) is 57.8 Å². The fraction of sp³-hybridized carbons (Fsp3) is 0.867. The Bertz CT molecular complexity index is 340. The van der Waals surface area contributed by atoms with Gasteiger partial charge in [0, 0.05) is 12.6 Å². The van der Waals surface area contributed by atoms with Gasteiger partial charge in [-0.25, -0.2) is 4.79 Å². The zero-order valence-electron chi connectivity index (χ0n) is 12.1. The number of carbonyl (C=O) groups is 2. The maximum Gasteiger partial charge on any atom is 0.315 e. The van der Waals surface area contributed by atoms with Crippen molar-refractivity contribution in [3.8, 4) is 0 Å². The Labute approximate surface area is 120 Å². The van der Waals surface area contributed by atoms with E-state index in [1.165, 1.54) is 32.1 Å². The number of rotatable bonds is 6. The maximum atomic E-state index is 11.7. The lowest BCUT2D eigenvalue weighted by atomic mass is 10.0. The largest absolute Gasteiger partial charge is 0.481 e. The van der Waals surface area contributed by atoms with Crippen LogP contribution in [-0.4, -0.2) is 29.7 Å². The lowest BCUT2D eigenvalue weighted by Gasteiger charge is -2.18. The molecule has 2 saturated carbocycles. The zero-order chi connectivity index (χ0) is 14.4. The SMILES string of the molecule is O=C(NCCCC1CCCC1)NC1CCCC1C(=O)O. The van der Waals surface area contributed by atoms with Gasteiger partial charge in [-0.15, -0.1) is 0 Å². The summed E-state index contributed by atoms with van der Waals surface area (Å²) in [6.07, 6.45) is 9.93. The molecule has 2 aliphatic rings. The Morgan fingerprint density at radius 1 is 1.05 bits per heavy atom. The summed E-state index contributed by atoms with van der Waals surface area (Å²) in [5, 5.41) is 14.7. The van der Waals surface area contributed by atoms with E-state index in [0.29, 0.717) is 13.0 Å². The minimum absolute atomic E-state index is 0.206. The molecule has 0 aromatic heterocycles. The van der Waals surface area contributed by atoms with Gasteiger partial charge in [0.2, 0.25) is 0 Å². The van der Waals surface area contributed by atoms with Crippen molar-refractivity contribution >= 4 is 12.0 Å². The molecule has 5 heteroatoms. The number of hydrogen-bond donors (Lipinski definition) is 3. The molecule has 0 aliphatic heterocycles. The van der Waals surface area contributed by atoms with Crippen LogP contribution in [0.25, 0.3) is 0 Å². The molecule has 0 bridgehead atoms. The molecule has 2 unspecified atom stereocenters. The van der Waals surface area contributed by atoms with Crippen molar-refractivity contribution in [1.82, 2.24) is 10.6 Å². The van der Waals surface area contributed by atoms with Crippen LogP contribution in [0, 0.1) is 11.8 Å². The molecule has 5 nitrogen and oxygen atoms in total. The topological polar surface area (TPSA) is 78.4 Å². The van der Waals surface area contributed by atoms with Gasteiger partial charge >= 0.3 is 12.0 Å². The van der Waals surface area contributed by atoms with E-state index >= 15 is 0 Å². The van der Waals surface area contributed by atoms with Crippen LogP contribution < -0.4 is 10.6 Å². The number of urea groups is 1. The van der Waals surface area contributed by atoms with E-state index in [9.17, 15) is 9.59 Å². The molecule has 2 rings (SSSR count). The molecule has 0 aromatic rings. The second-order valence-electron chi connectivity index (χ2n) is 6.18. The van der Waals surface area contributed by atoms with E-state index in [0.717, 1.165) is 25.2 Å². The summed E-state index contributed by atoms with van der Waals surface area (Å²) in [6, 6.07) is -0.420. The molecule has 0 radical (unpaired) electrons. The molecular formula is C15H26N2O3. The van der Waals surface area contributed by atoms with Crippen molar-refractivity contribution in [3.63, 3.8) is 0 Å². The van der Waals surface area contributed by atoms with Gasteiger partial charge in [0.15, 0.2) is 0 Å². The number of carboxylic acids is 1. The maximum absolute atomic E-state index is 11.7. The van der Waals surface area contributed by atoms with Crippen LogP contribution in [0.3, 0.4) is 0 Å². The van der Waals surface area contributed by atoms with Gasteiger partial charge in [0.05, 0.1) is 5.92 Å². The Morgan fingerprint density at radius 2 is 1.80 bits per heavy atom. The molecule has 20 heavy (non-hydrogen) atoms. The molecule has 2 atom stereocenters. The van der Waals surface area contributed by atoms with Gasteiger partial charge in [-0.05, 0) is 31.6 Å². The predicted molar refractivity (Wildman–Crippen MR) is 76.5 cm³/mol. The molecule has 0 saturated heterocycles. The average molecular weight is 282 g/mol. The highest BCUT2D eigenvalue weighted by atomic mass is 16.4. The third kappa shape index (κ3) is 4.39. The highest BCUT2D eigenvalue weighted by molar-refractivity contribution is 5.76. The lowest BCUT2D eigenvalue weighted by Crippen LogP contribution is -2.45. The molecule has 0 heterocycles. The smallest absolute Gasteiger partial charge is 0.315 e. The van der Waals surface area contributed by atoms with Gasteiger partial charge in [-0.3, -0.25) is 4.79 Å². The molecule has 2 fully saturated rings. The Balaban J connectivity index is 1.58. The quantitative estimate of drug-likeness (QED) is 0.655. The second kappa shape index (κ2) is 7.50.